The summed E-state index contributed by atoms with van der Waals surface area (Å²) in [5, 5.41) is 11.0. The van der Waals surface area contributed by atoms with E-state index in [-0.39, 0.29) is 29.2 Å². The maximum absolute atomic E-state index is 13.7. The molecule has 1 saturated carbocycles. The fraction of sp³-hybridized carbons (Fsp3) is 0.385. The number of hydrogen-bond donors (Lipinski definition) is 2. The van der Waals surface area contributed by atoms with Gasteiger partial charge in [0.15, 0.2) is 5.82 Å². The summed E-state index contributed by atoms with van der Waals surface area (Å²) in [6.07, 6.45) is 1.40. The van der Waals surface area contributed by atoms with Gasteiger partial charge < -0.3 is 15.3 Å². The Morgan fingerprint density at radius 3 is 2.57 bits per heavy atom. The van der Waals surface area contributed by atoms with E-state index >= 15 is 0 Å². The van der Waals surface area contributed by atoms with E-state index in [2.05, 4.69) is 21.2 Å². The molecule has 1 fully saturated rings. The summed E-state index contributed by atoms with van der Waals surface area (Å²) in [7, 11) is 0. The first-order valence-corrected chi connectivity index (χ1v) is 7.11. The Morgan fingerprint density at radius 1 is 1.38 bits per heavy atom. The number of halogens is 3. The number of hydrogen-bond acceptors (Lipinski definition) is 2. The largest absolute Gasteiger partial charge is 0.481 e. The summed E-state index contributed by atoms with van der Waals surface area (Å²) in [4.78, 5) is 24.1. The Kier molecular flexibility index (Phi) is 4.76. The van der Waals surface area contributed by atoms with E-state index in [1.165, 1.54) is 4.90 Å². The number of carbonyl (C=O) groups excluding carboxylic acids is 1. The van der Waals surface area contributed by atoms with Crippen LogP contribution in [0.4, 0.5) is 19.3 Å². The Balaban J connectivity index is 2.10. The van der Waals surface area contributed by atoms with Crippen molar-refractivity contribution in [3.05, 3.63) is 28.2 Å². The van der Waals surface area contributed by atoms with Gasteiger partial charge >= 0.3 is 12.0 Å². The lowest BCUT2D eigenvalue weighted by atomic mass is 10.3. The molecule has 21 heavy (non-hydrogen) atoms. The van der Waals surface area contributed by atoms with Crippen molar-refractivity contribution in [3.8, 4) is 0 Å². The van der Waals surface area contributed by atoms with Gasteiger partial charge in [0.2, 0.25) is 0 Å². The van der Waals surface area contributed by atoms with Crippen LogP contribution in [0, 0.1) is 11.6 Å². The van der Waals surface area contributed by atoms with Crippen LogP contribution in [-0.4, -0.2) is 34.6 Å². The standard InChI is InChI=1S/C13H13BrF2N2O3/c14-9-5-7(15)6-10(16)12(9)17-13(21)18(8-1-2-8)4-3-11(19)20/h5-6,8H,1-4H2,(H,17,21)(H,19,20). The number of benzene rings is 1. The zero-order valence-electron chi connectivity index (χ0n) is 10.9. The van der Waals surface area contributed by atoms with Crippen LogP contribution in [0.25, 0.3) is 0 Å². The molecule has 2 amide bonds. The maximum Gasteiger partial charge on any atom is 0.322 e. The molecule has 1 aromatic rings. The minimum Gasteiger partial charge on any atom is -0.481 e. The lowest BCUT2D eigenvalue weighted by molar-refractivity contribution is -0.137. The average molecular weight is 363 g/mol. The van der Waals surface area contributed by atoms with Gasteiger partial charge in [-0.25, -0.2) is 13.6 Å². The third-order valence-corrected chi connectivity index (χ3v) is 3.68. The number of carbonyl (C=O) groups is 2. The number of anilines is 1. The highest BCUT2D eigenvalue weighted by molar-refractivity contribution is 9.10. The second kappa shape index (κ2) is 6.38. The van der Waals surface area contributed by atoms with Crippen LogP contribution in [0.1, 0.15) is 19.3 Å². The Hall–Kier alpha value is -1.70. The van der Waals surface area contributed by atoms with E-state index in [1.807, 2.05) is 0 Å². The molecule has 0 spiro atoms. The van der Waals surface area contributed by atoms with Crippen molar-refractivity contribution in [2.75, 3.05) is 11.9 Å². The average Bonchev–Trinajstić information content (AvgIpc) is 3.18. The molecule has 8 heteroatoms. The molecule has 1 aromatic carbocycles. The number of nitrogens with zero attached hydrogens (tertiary/aromatic N) is 1. The van der Waals surface area contributed by atoms with Crippen LogP contribution in [0.2, 0.25) is 0 Å². The Morgan fingerprint density at radius 2 is 2.05 bits per heavy atom. The van der Waals surface area contributed by atoms with Crippen LogP contribution in [-0.2, 0) is 4.79 Å². The fourth-order valence-corrected chi connectivity index (χ4v) is 2.40. The van der Waals surface area contributed by atoms with Crippen molar-refractivity contribution in [2.24, 2.45) is 0 Å². The highest BCUT2D eigenvalue weighted by Gasteiger charge is 2.33. The van der Waals surface area contributed by atoms with Crippen LogP contribution in [0.15, 0.2) is 16.6 Å². The summed E-state index contributed by atoms with van der Waals surface area (Å²) in [6, 6.07) is 1.09. The molecule has 0 radical (unpaired) electrons. The lowest BCUT2D eigenvalue weighted by Crippen LogP contribution is -2.38. The van der Waals surface area contributed by atoms with Crippen molar-refractivity contribution in [1.82, 2.24) is 4.90 Å². The Labute approximate surface area is 128 Å². The van der Waals surface area contributed by atoms with Crippen LogP contribution < -0.4 is 5.32 Å². The molecule has 5 nitrogen and oxygen atoms in total. The molecule has 2 rings (SSSR count). The predicted molar refractivity (Wildman–Crippen MR) is 75.1 cm³/mol. The second-order valence-corrected chi connectivity index (χ2v) is 5.60. The molecule has 1 aliphatic rings. The molecule has 0 bridgehead atoms. The summed E-state index contributed by atoms with van der Waals surface area (Å²) >= 11 is 2.98. The maximum atomic E-state index is 13.7. The van der Waals surface area contributed by atoms with Gasteiger partial charge in [-0.1, -0.05) is 0 Å². The number of urea groups is 1. The first-order chi connectivity index (χ1) is 9.88. The van der Waals surface area contributed by atoms with Gasteiger partial charge in [-0.05, 0) is 34.8 Å². The zero-order chi connectivity index (χ0) is 15.6. The fourth-order valence-electron chi connectivity index (χ4n) is 1.89. The highest BCUT2D eigenvalue weighted by Crippen LogP contribution is 2.30. The molecular weight excluding hydrogens is 350 g/mol. The minimum atomic E-state index is -1.01. The molecule has 0 aliphatic heterocycles. The monoisotopic (exact) mass is 362 g/mol. The summed E-state index contributed by atoms with van der Waals surface area (Å²) in [5.74, 6) is -2.67. The number of amides is 2. The SMILES string of the molecule is O=C(O)CCN(C(=O)Nc1c(F)cc(F)cc1Br)C1CC1. The van der Waals surface area contributed by atoms with E-state index in [0.717, 1.165) is 18.9 Å². The van der Waals surface area contributed by atoms with Crippen LogP contribution in [0.3, 0.4) is 0 Å². The van der Waals surface area contributed by atoms with Gasteiger partial charge in [0.05, 0.1) is 12.1 Å². The molecule has 0 atom stereocenters. The topological polar surface area (TPSA) is 69.6 Å². The van der Waals surface area contributed by atoms with Gasteiger partial charge in [0, 0.05) is 23.1 Å². The third-order valence-electron chi connectivity index (χ3n) is 3.05. The van der Waals surface area contributed by atoms with Gasteiger partial charge in [0.25, 0.3) is 0 Å². The molecular formula is C13H13BrF2N2O3. The van der Waals surface area contributed by atoms with Gasteiger partial charge in [-0.2, -0.15) is 0 Å². The normalized spacial score (nSPS) is 13.9. The molecule has 0 saturated heterocycles. The van der Waals surface area contributed by atoms with E-state index in [4.69, 9.17) is 5.11 Å². The zero-order valence-corrected chi connectivity index (χ0v) is 12.5. The molecule has 0 unspecified atom stereocenters. The van der Waals surface area contributed by atoms with Crippen molar-refractivity contribution < 1.29 is 23.5 Å². The molecule has 0 heterocycles. The van der Waals surface area contributed by atoms with Crippen molar-refractivity contribution in [2.45, 2.75) is 25.3 Å². The lowest BCUT2D eigenvalue weighted by Gasteiger charge is -2.22. The highest BCUT2D eigenvalue weighted by atomic mass is 79.9. The van der Waals surface area contributed by atoms with E-state index in [0.29, 0.717) is 6.07 Å². The van der Waals surface area contributed by atoms with E-state index in [9.17, 15) is 18.4 Å². The number of carboxylic acids is 1. The van der Waals surface area contributed by atoms with Gasteiger partial charge in [-0.15, -0.1) is 0 Å². The first kappa shape index (κ1) is 15.7. The molecule has 0 aromatic heterocycles. The van der Waals surface area contributed by atoms with Crippen LogP contribution in [0.5, 0.6) is 0 Å². The minimum absolute atomic E-state index is 0.0216. The van der Waals surface area contributed by atoms with Gasteiger partial charge in [0.1, 0.15) is 5.82 Å². The van der Waals surface area contributed by atoms with E-state index < -0.39 is 23.6 Å². The second-order valence-electron chi connectivity index (χ2n) is 4.74. The molecule has 114 valence electrons. The molecule has 2 N–H and O–H groups in total. The summed E-state index contributed by atoms with van der Waals surface area (Å²) in [6.45, 7) is 0.0479. The third kappa shape index (κ3) is 4.13. The van der Waals surface area contributed by atoms with Crippen molar-refractivity contribution >= 4 is 33.6 Å². The quantitative estimate of drug-likeness (QED) is 0.844. The van der Waals surface area contributed by atoms with Gasteiger partial charge in [-0.3, -0.25) is 4.79 Å². The predicted octanol–water partition coefficient (Wildman–Crippen LogP) is 3.20. The van der Waals surface area contributed by atoms with Crippen molar-refractivity contribution in [1.29, 1.82) is 0 Å². The smallest absolute Gasteiger partial charge is 0.322 e. The van der Waals surface area contributed by atoms with E-state index in [1.54, 1.807) is 0 Å². The summed E-state index contributed by atoms with van der Waals surface area (Å²) < 4.78 is 26.7. The summed E-state index contributed by atoms with van der Waals surface area (Å²) in [5.41, 5.74) is -0.164. The van der Waals surface area contributed by atoms with Crippen molar-refractivity contribution in [3.63, 3.8) is 0 Å². The van der Waals surface area contributed by atoms with Crippen LogP contribution >= 0.6 is 15.9 Å². The first-order valence-electron chi connectivity index (χ1n) is 6.32. The number of nitrogens with one attached hydrogen (secondary N) is 1. The Bertz CT molecular complexity index is 556. The number of aliphatic carboxylic acids is 1. The number of carboxylic acid groups (broad SMARTS) is 1. The molecule has 1 aliphatic carbocycles. The number of rotatable bonds is 5.